The molecular formula is C31H37ClO7. The molecule has 0 radical (unpaired) electrons. The van der Waals surface area contributed by atoms with Gasteiger partial charge < -0.3 is 24.1 Å². The number of esters is 2. The number of carbonyl (C=O) groups is 2. The van der Waals surface area contributed by atoms with Gasteiger partial charge in [0.2, 0.25) is 0 Å². The number of halogens is 1. The summed E-state index contributed by atoms with van der Waals surface area (Å²) in [4.78, 5) is 26.9. The largest absolute Gasteiger partial charge is 0.495 e. The summed E-state index contributed by atoms with van der Waals surface area (Å²) in [6.07, 6.45) is 3.75. The van der Waals surface area contributed by atoms with Crippen LogP contribution in [0.1, 0.15) is 91.6 Å². The van der Waals surface area contributed by atoms with Crippen LogP contribution in [0.3, 0.4) is 0 Å². The average molecular weight is 557 g/mol. The zero-order valence-electron chi connectivity index (χ0n) is 23.5. The molecule has 2 aromatic rings. The molecule has 2 fully saturated rings. The minimum Gasteiger partial charge on any atom is -0.495 e. The van der Waals surface area contributed by atoms with E-state index < -0.39 is 17.5 Å². The molecule has 2 aliphatic carbocycles. The molecule has 2 saturated carbocycles. The monoisotopic (exact) mass is 556 g/mol. The van der Waals surface area contributed by atoms with E-state index in [-0.39, 0.29) is 47.1 Å². The number of hydrogen-bond donors (Lipinski definition) is 1. The van der Waals surface area contributed by atoms with Crippen molar-refractivity contribution in [3.8, 4) is 23.0 Å². The standard InChI is InChI=1S/C31H37ClO7/c1-15(2)11-22(33)20-9-10-23-24(27(20)36-6)29(34)37-14-21-25(32)16(3)17(4)26(28(21)38-23)39-30(35)31(5)13-18-7-8-19(31)12-18/h9-10,15,18-19,22,33H,7-8,11-14H2,1-6H3/t18-,19?,22-,31-/m0/s1. The number of aliphatic hydroxyl groups is 1. The van der Waals surface area contributed by atoms with Crippen LogP contribution >= 0.6 is 11.6 Å². The summed E-state index contributed by atoms with van der Waals surface area (Å²) in [6.45, 7) is 9.52. The number of rotatable bonds is 6. The summed E-state index contributed by atoms with van der Waals surface area (Å²) in [6, 6.07) is 3.29. The van der Waals surface area contributed by atoms with E-state index in [0.717, 1.165) is 24.8 Å². The Morgan fingerprint density at radius 1 is 1.21 bits per heavy atom. The van der Waals surface area contributed by atoms with E-state index in [1.54, 1.807) is 12.1 Å². The van der Waals surface area contributed by atoms with Crippen LogP contribution in [0.25, 0.3) is 0 Å². The topological polar surface area (TPSA) is 91.3 Å². The molecule has 4 atom stereocenters. The van der Waals surface area contributed by atoms with E-state index in [0.29, 0.717) is 40.0 Å². The van der Waals surface area contributed by atoms with Crippen molar-refractivity contribution in [2.24, 2.45) is 23.2 Å². The lowest BCUT2D eigenvalue weighted by atomic mass is 9.75. The first kappa shape index (κ1) is 27.8. The van der Waals surface area contributed by atoms with Crippen molar-refractivity contribution >= 4 is 23.5 Å². The highest BCUT2D eigenvalue weighted by molar-refractivity contribution is 6.32. The van der Waals surface area contributed by atoms with E-state index in [1.807, 2.05) is 34.6 Å². The number of cyclic esters (lactones) is 1. The summed E-state index contributed by atoms with van der Waals surface area (Å²) in [5, 5.41) is 11.2. The molecule has 210 valence electrons. The minimum atomic E-state index is -0.839. The van der Waals surface area contributed by atoms with Gasteiger partial charge in [-0.3, -0.25) is 4.79 Å². The molecule has 0 aromatic heterocycles. The van der Waals surface area contributed by atoms with Crippen LogP contribution in [-0.4, -0.2) is 24.2 Å². The van der Waals surface area contributed by atoms with Gasteiger partial charge in [0, 0.05) is 11.1 Å². The summed E-state index contributed by atoms with van der Waals surface area (Å²) >= 11 is 6.74. The zero-order valence-corrected chi connectivity index (χ0v) is 24.2. The predicted molar refractivity (Wildman–Crippen MR) is 147 cm³/mol. The number of fused-ring (bicyclic) bond motifs is 4. The fourth-order valence-corrected chi connectivity index (χ4v) is 6.91. The molecule has 0 spiro atoms. The summed E-state index contributed by atoms with van der Waals surface area (Å²) in [5.74, 6) is 1.07. The third-order valence-corrected chi connectivity index (χ3v) is 9.48. The number of aliphatic hydroxyl groups excluding tert-OH is 1. The van der Waals surface area contributed by atoms with Crippen molar-refractivity contribution in [2.75, 3.05) is 7.11 Å². The molecule has 1 unspecified atom stereocenters. The molecule has 3 aliphatic rings. The lowest BCUT2D eigenvalue weighted by Crippen LogP contribution is -2.37. The Labute approximate surface area is 234 Å². The number of hydrogen-bond acceptors (Lipinski definition) is 7. The Morgan fingerprint density at radius 2 is 1.95 bits per heavy atom. The maximum atomic E-state index is 13.7. The maximum Gasteiger partial charge on any atom is 0.346 e. The number of carbonyl (C=O) groups excluding carboxylic acids is 2. The van der Waals surface area contributed by atoms with Crippen molar-refractivity contribution < 1.29 is 33.6 Å². The van der Waals surface area contributed by atoms with Crippen LogP contribution < -0.4 is 14.2 Å². The van der Waals surface area contributed by atoms with Gasteiger partial charge in [-0.1, -0.05) is 31.9 Å². The van der Waals surface area contributed by atoms with Crippen LogP contribution in [0, 0.1) is 37.0 Å². The lowest BCUT2D eigenvalue weighted by molar-refractivity contribution is -0.148. The maximum absolute atomic E-state index is 13.7. The Hall–Kier alpha value is -2.77. The van der Waals surface area contributed by atoms with Crippen LogP contribution in [0.2, 0.25) is 5.02 Å². The number of methoxy groups -OCH3 is 1. The predicted octanol–water partition coefficient (Wildman–Crippen LogP) is 7.24. The second-order valence-electron chi connectivity index (χ2n) is 12.0. The van der Waals surface area contributed by atoms with Crippen molar-refractivity contribution in [3.05, 3.63) is 45.0 Å². The van der Waals surface area contributed by atoms with Crippen LogP contribution in [0.4, 0.5) is 0 Å². The van der Waals surface area contributed by atoms with Gasteiger partial charge in [-0.05, 0) is 81.9 Å². The second kappa shape index (κ2) is 10.3. The van der Waals surface area contributed by atoms with Gasteiger partial charge >= 0.3 is 11.9 Å². The molecular weight excluding hydrogens is 520 g/mol. The van der Waals surface area contributed by atoms with Gasteiger partial charge in [-0.2, -0.15) is 0 Å². The van der Waals surface area contributed by atoms with Crippen LogP contribution in [0.15, 0.2) is 12.1 Å². The van der Waals surface area contributed by atoms with Gasteiger partial charge in [0.25, 0.3) is 0 Å². The Kier molecular flexibility index (Phi) is 7.36. The summed E-state index contributed by atoms with van der Waals surface area (Å²) in [5.41, 5.74) is 1.83. The quantitative estimate of drug-likeness (QED) is 0.296. The van der Waals surface area contributed by atoms with Gasteiger partial charge in [-0.25, -0.2) is 4.79 Å². The fourth-order valence-electron chi connectivity index (χ4n) is 6.63. The zero-order chi connectivity index (χ0) is 28.2. The molecule has 1 heterocycles. The van der Waals surface area contributed by atoms with E-state index in [4.69, 9.17) is 30.5 Å². The summed E-state index contributed by atoms with van der Waals surface area (Å²) < 4.78 is 23.9. The first-order valence-corrected chi connectivity index (χ1v) is 14.1. The smallest absolute Gasteiger partial charge is 0.346 e. The van der Waals surface area contributed by atoms with Gasteiger partial charge in [0.1, 0.15) is 23.7 Å². The molecule has 39 heavy (non-hydrogen) atoms. The Bertz CT molecular complexity index is 1330. The second-order valence-corrected chi connectivity index (χ2v) is 12.4. The molecule has 0 amide bonds. The number of ether oxygens (including phenoxy) is 4. The van der Waals surface area contributed by atoms with Crippen molar-refractivity contribution in [1.82, 2.24) is 0 Å². The van der Waals surface area contributed by atoms with Gasteiger partial charge in [0.05, 0.1) is 29.2 Å². The van der Waals surface area contributed by atoms with E-state index in [2.05, 4.69) is 0 Å². The van der Waals surface area contributed by atoms with E-state index in [1.165, 1.54) is 13.5 Å². The molecule has 2 bridgehead atoms. The fraction of sp³-hybridized carbons (Fsp3) is 0.548. The van der Waals surface area contributed by atoms with E-state index >= 15 is 0 Å². The lowest BCUT2D eigenvalue weighted by Gasteiger charge is -2.32. The highest BCUT2D eigenvalue weighted by atomic mass is 35.5. The first-order valence-electron chi connectivity index (χ1n) is 13.7. The van der Waals surface area contributed by atoms with Crippen LogP contribution in [0.5, 0.6) is 23.0 Å². The SMILES string of the molecule is COc1c([C@@H](O)CC(C)C)ccc2c1C(=O)OCc1c(Cl)c(C)c(C)c(OC(=O)[C@@]3(C)C[C@H]4CCC3C4)c1O2. The van der Waals surface area contributed by atoms with Crippen molar-refractivity contribution in [2.45, 2.75) is 79.4 Å². The highest BCUT2D eigenvalue weighted by Crippen LogP contribution is 2.57. The third kappa shape index (κ3) is 4.67. The average Bonchev–Trinajstić information content (AvgIpc) is 3.48. The minimum absolute atomic E-state index is 0.0650. The summed E-state index contributed by atoms with van der Waals surface area (Å²) in [7, 11) is 1.44. The Morgan fingerprint density at radius 3 is 2.56 bits per heavy atom. The normalized spacial score (nSPS) is 24.3. The molecule has 0 saturated heterocycles. The van der Waals surface area contributed by atoms with Crippen LogP contribution in [-0.2, 0) is 16.1 Å². The molecule has 7 nitrogen and oxygen atoms in total. The van der Waals surface area contributed by atoms with E-state index in [9.17, 15) is 14.7 Å². The van der Waals surface area contributed by atoms with Crippen molar-refractivity contribution in [1.29, 1.82) is 0 Å². The molecule has 5 rings (SSSR count). The van der Waals surface area contributed by atoms with Gasteiger partial charge in [0.15, 0.2) is 11.5 Å². The molecule has 1 aliphatic heterocycles. The third-order valence-electron chi connectivity index (χ3n) is 8.97. The molecule has 2 aromatic carbocycles. The van der Waals surface area contributed by atoms with Gasteiger partial charge in [-0.15, -0.1) is 0 Å². The highest BCUT2D eigenvalue weighted by Gasteiger charge is 2.53. The Balaban J connectivity index is 1.60. The molecule has 8 heteroatoms. The first-order chi connectivity index (χ1) is 18.5. The molecule has 1 N–H and O–H groups in total. The number of benzene rings is 2. The van der Waals surface area contributed by atoms with Crippen molar-refractivity contribution in [3.63, 3.8) is 0 Å².